The van der Waals surface area contributed by atoms with Gasteiger partial charge in [0.2, 0.25) is 0 Å². The van der Waals surface area contributed by atoms with E-state index in [1.165, 1.54) is 27.8 Å². The molecule has 92 valence electrons. The van der Waals surface area contributed by atoms with Crippen molar-refractivity contribution in [2.75, 3.05) is 6.54 Å². The summed E-state index contributed by atoms with van der Waals surface area (Å²) in [7, 11) is 0. The van der Waals surface area contributed by atoms with E-state index in [2.05, 4.69) is 61.6 Å². The SMILES string of the molecule is Cc1cccc(C2CNCc3ccccc32)c1C. The van der Waals surface area contributed by atoms with Crippen LogP contribution >= 0.6 is 0 Å². The molecule has 1 aliphatic heterocycles. The van der Waals surface area contributed by atoms with Crippen molar-refractivity contribution in [1.82, 2.24) is 5.32 Å². The molecule has 0 saturated heterocycles. The average molecular weight is 237 g/mol. The first-order valence-corrected chi connectivity index (χ1v) is 6.62. The average Bonchev–Trinajstić information content (AvgIpc) is 2.41. The van der Waals surface area contributed by atoms with E-state index < -0.39 is 0 Å². The zero-order chi connectivity index (χ0) is 12.5. The van der Waals surface area contributed by atoms with Crippen molar-refractivity contribution in [2.45, 2.75) is 26.3 Å². The predicted molar refractivity (Wildman–Crippen MR) is 75.9 cm³/mol. The van der Waals surface area contributed by atoms with E-state index in [4.69, 9.17) is 0 Å². The van der Waals surface area contributed by atoms with Gasteiger partial charge in [0.1, 0.15) is 0 Å². The van der Waals surface area contributed by atoms with Crippen molar-refractivity contribution in [3.63, 3.8) is 0 Å². The van der Waals surface area contributed by atoms with Crippen molar-refractivity contribution in [3.8, 4) is 0 Å². The third-order valence-corrected chi connectivity index (χ3v) is 4.12. The first-order chi connectivity index (χ1) is 8.77. The molecule has 0 fully saturated rings. The highest BCUT2D eigenvalue weighted by Gasteiger charge is 2.22. The second-order valence-corrected chi connectivity index (χ2v) is 5.17. The fourth-order valence-electron chi connectivity index (χ4n) is 2.93. The van der Waals surface area contributed by atoms with E-state index in [-0.39, 0.29) is 0 Å². The molecule has 1 unspecified atom stereocenters. The molecule has 1 aliphatic rings. The standard InChI is InChI=1S/C17H19N/c1-12-6-5-9-15(13(12)2)17-11-18-10-14-7-3-4-8-16(14)17/h3-9,17-18H,10-11H2,1-2H3. The van der Waals surface area contributed by atoms with Crippen LogP contribution in [0.4, 0.5) is 0 Å². The predicted octanol–water partition coefficient (Wildman–Crippen LogP) is 3.54. The zero-order valence-corrected chi connectivity index (χ0v) is 11.0. The van der Waals surface area contributed by atoms with Crippen LogP contribution in [0.1, 0.15) is 33.7 Å². The van der Waals surface area contributed by atoms with Gasteiger partial charge in [-0.2, -0.15) is 0 Å². The van der Waals surface area contributed by atoms with Gasteiger partial charge in [0.25, 0.3) is 0 Å². The Kier molecular flexibility index (Phi) is 2.92. The van der Waals surface area contributed by atoms with Crippen LogP contribution in [0.25, 0.3) is 0 Å². The molecule has 1 atom stereocenters. The van der Waals surface area contributed by atoms with Crippen LogP contribution in [0.5, 0.6) is 0 Å². The summed E-state index contributed by atoms with van der Waals surface area (Å²) in [4.78, 5) is 0. The molecule has 18 heavy (non-hydrogen) atoms. The molecule has 3 rings (SSSR count). The smallest absolute Gasteiger partial charge is 0.0220 e. The lowest BCUT2D eigenvalue weighted by atomic mass is 9.83. The molecule has 2 aromatic carbocycles. The molecule has 1 N–H and O–H groups in total. The maximum atomic E-state index is 3.54. The number of benzene rings is 2. The summed E-state index contributed by atoms with van der Waals surface area (Å²) >= 11 is 0. The van der Waals surface area contributed by atoms with Gasteiger partial charge < -0.3 is 5.32 Å². The van der Waals surface area contributed by atoms with Crippen molar-refractivity contribution in [3.05, 3.63) is 70.3 Å². The monoisotopic (exact) mass is 237 g/mol. The maximum Gasteiger partial charge on any atom is 0.0220 e. The van der Waals surface area contributed by atoms with Crippen LogP contribution in [-0.2, 0) is 6.54 Å². The normalized spacial score (nSPS) is 18.4. The summed E-state index contributed by atoms with van der Waals surface area (Å²) in [5, 5.41) is 3.54. The Labute approximate surface area is 109 Å². The van der Waals surface area contributed by atoms with Crippen LogP contribution in [0.15, 0.2) is 42.5 Å². The van der Waals surface area contributed by atoms with Crippen LogP contribution < -0.4 is 5.32 Å². The Hall–Kier alpha value is -1.60. The number of aryl methyl sites for hydroxylation is 1. The van der Waals surface area contributed by atoms with Gasteiger partial charge in [-0.3, -0.25) is 0 Å². The molecule has 1 nitrogen and oxygen atoms in total. The Bertz CT molecular complexity index is 572. The summed E-state index contributed by atoms with van der Waals surface area (Å²) in [6.45, 7) is 6.47. The van der Waals surface area contributed by atoms with Crippen LogP contribution in [0, 0.1) is 13.8 Å². The number of nitrogens with one attached hydrogen (secondary N) is 1. The van der Waals surface area contributed by atoms with E-state index in [9.17, 15) is 0 Å². The van der Waals surface area contributed by atoms with Crippen molar-refractivity contribution < 1.29 is 0 Å². The lowest BCUT2D eigenvalue weighted by molar-refractivity contribution is 0.589. The van der Waals surface area contributed by atoms with Gasteiger partial charge in [0.15, 0.2) is 0 Å². The fraction of sp³-hybridized carbons (Fsp3) is 0.294. The summed E-state index contributed by atoms with van der Waals surface area (Å²) in [6, 6.07) is 15.4. The van der Waals surface area contributed by atoms with Gasteiger partial charge in [-0.1, -0.05) is 42.5 Å². The Morgan fingerprint density at radius 3 is 2.61 bits per heavy atom. The quantitative estimate of drug-likeness (QED) is 0.800. The topological polar surface area (TPSA) is 12.0 Å². The maximum absolute atomic E-state index is 3.54. The first-order valence-electron chi connectivity index (χ1n) is 6.62. The number of hydrogen-bond donors (Lipinski definition) is 1. The second kappa shape index (κ2) is 4.58. The molecular formula is C17H19N. The highest BCUT2D eigenvalue weighted by atomic mass is 14.9. The van der Waals surface area contributed by atoms with Gasteiger partial charge in [-0.05, 0) is 41.7 Å². The van der Waals surface area contributed by atoms with E-state index >= 15 is 0 Å². The lowest BCUT2D eigenvalue weighted by Gasteiger charge is -2.28. The number of rotatable bonds is 1. The molecule has 0 amide bonds. The Morgan fingerprint density at radius 2 is 1.72 bits per heavy atom. The third-order valence-electron chi connectivity index (χ3n) is 4.12. The van der Waals surface area contributed by atoms with E-state index in [1.807, 2.05) is 0 Å². The molecule has 0 aromatic heterocycles. The molecule has 0 spiro atoms. The number of fused-ring (bicyclic) bond motifs is 1. The molecule has 0 bridgehead atoms. The second-order valence-electron chi connectivity index (χ2n) is 5.17. The molecule has 0 saturated carbocycles. The minimum atomic E-state index is 0.495. The van der Waals surface area contributed by atoms with Crippen LogP contribution in [-0.4, -0.2) is 6.54 Å². The molecular weight excluding hydrogens is 218 g/mol. The molecule has 1 heteroatoms. The van der Waals surface area contributed by atoms with E-state index in [0.29, 0.717) is 5.92 Å². The molecule has 0 radical (unpaired) electrons. The van der Waals surface area contributed by atoms with Gasteiger partial charge in [0.05, 0.1) is 0 Å². The minimum absolute atomic E-state index is 0.495. The largest absolute Gasteiger partial charge is 0.312 e. The van der Waals surface area contributed by atoms with Crippen LogP contribution in [0.2, 0.25) is 0 Å². The first kappa shape index (κ1) is 11.5. The number of hydrogen-bond acceptors (Lipinski definition) is 1. The molecule has 2 aromatic rings. The van der Waals surface area contributed by atoms with Crippen molar-refractivity contribution >= 4 is 0 Å². The van der Waals surface area contributed by atoms with E-state index in [1.54, 1.807) is 0 Å². The Morgan fingerprint density at radius 1 is 0.944 bits per heavy atom. The highest BCUT2D eigenvalue weighted by Crippen LogP contribution is 2.32. The fourth-order valence-corrected chi connectivity index (χ4v) is 2.93. The van der Waals surface area contributed by atoms with Gasteiger partial charge in [0, 0.05) is 19.0 Å². The van der Waals surface area contributed by atoms with Crippen LogP contribution in [0.3, 0.4) is 0 Å². The Balaban J connectivity index is 2.11. The van der Waals surface area contributed by atoms with Gasteiger partial charge in [-0.25, -0.2) is 0 Å². The van der Waals surface area contributed by atoms with E-state index in [0.717, 1.165) is 13.1 Å². The van der Waals surface area contributed by atoms with Gasteiger partial charge >= 0.3 is 0 Å². The van der Waals surface area contributed by atoms with Gasteiger partial charge in [-0.15, -0.1) is 0 Å². The third kappa shape index (κ3) is 1.85. The lowest BCUT2D eigenvalue weighted by Crippen LogP contribution is -2.29. The molecule has 1 heterocycles. The summed E-state index contributed by atoms with van der Waals surface area (Å²) in [5.41, 5.74) is 7.21. The molecule has 0 aliphatic carbocycles. The summed E-state index contributed by atoms with van der Waals surface area (Å²) < 4.78 is 0. The van der Waals surface area contributed by atoms with Crippen molar-refractivity contribution in [1.29, 1.82) is 0 Å². The zero-order valence-electron chi connectivity index (χ0n) is 11.0. The summed E-state index contributed by atoms with van der Waals surface area (Å²) in [6.07, 6.45) is 0. The van der Waals surface area contributed by atoms with Crippen molar-refractivity contribution in [2.24, 2.45) is 0 Å². The highest BCUT2D eigenvalue weighted by molar-refractivity contribution is 5.45. The summed E-state index contributed by atoms with van der Waals surface area (Å²) in [5.74, 6) is 0.495. The minimum Gasteiger partial charge on any atom is -0.312 e.